The van der Waals surface area contributed by atoms with E-state index in [1.165, 1.54) is 19.8 Å². The lowest BCUT2D eigenvalue weighted by atomic mass is 9.98. The maximum absolute atomic E-state index is 11.3. The van der Waals surface area contributed by atoms with Crippen LogP contribution < -0.4 is 10.6 Å². The van der Waals surface area contributed by atoms with E-state index >= 15 is 0 Å². The monoisotopic (exact) mass is 228 g/mol. The van der Waals surface area contributed by atoms with Gasteiger partial charge in [-0.3, -0.25) is 4.79 Å². The van der Waals surface area contributed by atoms with Crippen molar-refractivity contribution in [3.8, 4) is 0 Å². The number of carboxylic acid groups (broad SMARTS) is 1. The molecule has 1 saturated carbocycles. The van der Waals surface area contributed by atoms with E-state index in [2.05, 4.69) is 17.6 Å². The maximum Gasteiger partial charge on any atom is 0.325 e. The summed E-state index contributed by atoms with van der Waals surface area (Å²) in [5.74, 6) is 0.160. The highest BCUT2D eigenvalue weighted by atomic mass is 16.4. The quantitative estimate of drug-likeness (QED) is 0.676. The lowest BCUT2D eigenvalue weighted by Crippen LogP contribution is -2.45. The van der Waals surface area contributed by atoms with E-state index in [1.54, 1.807) is 0 Å². The molecule has 16 heavy (non-hydrogen) atoms. The van der Waals surface area contributed by atoms with Gasteiger partial charge in [-0.15, -0.1) is 0 Å². The third kappa shape index (κ3) is 3.72. The van der Waals surface area contributed by atoms with Gasteiger partial charge in [-0.25, -0.2) is 4.79 Å². The predicted octanol–water partition coefficient (Wildman–Crippen LogP) is 1.19. The van der Waals surface area contributed by atoms with Gasteiger partial charge in [0.05, 0.1) is 0 Å². The Morgan fingerprint density at radius 3 is 2.62 bits per heavy atom. The molecule has 2 unspecified atom stereocenters. The molecule has 0 aromatic carbocycles. The zero-order valence-electron chi connectivity index (χ0n) is 9.82. The molecule has 3 N–H and O–H groups in total. The Hall–Kier alpha value is -1.26. The normalized spacial score (nSPS) is 26.1. The Morgan fingerprint density at radius 2 is 2.12 bits per heavy atom. The van der Waals surface area contributed by atoms with Gasteiger partial charge in [-0.2, -0.15) is 0 Å². The van der Waals surface area contributed by atoms with E-state index in [-0.39, 0.29) is 0 Å². The van der Waals surface area contributed by atoms with Crippen LogP contribution >= 0.6 is 0 Å². The van der Waals surface area contributed by atoms with Gasteiger partial charge in [-0.05, 0) is 25.2 Å². The van der Waals surface area contributed by atoms with Crippen molar-refractivity contribution < 1.29 is 14.7 Å². The predicted molar refractivity (Wildman–Crippen MR) is 60.1 cm³/mol. The van der Waals surface area contributed by atoms with Gasteiger partial charge >= 0.3 is 12.0 Å². The lowest BCUT2D eigenvalue weighted by molar-refractivity contribution is -0.138. The minimum Gasteiger partial charge on any atom is -0.480 e. The van der Waals surface area contributed by atoms with Crippen molar-refractivity contribution in [2.24, 2.45) is 11.8 Å². The summed E-state index contributed by atoms with van der Waals surface area (Å²) in [6.07, 6.45) is 3.59. The van der Waals surface area contributed by atoms with Crippen LogP contribution in [0.2, 0.25) is 0 Å². The molecule has 0 aliphatic heterocycles. The van der Waals surface area contributed by atoms with Gasteiger partial charge in [0.1, 0.15) is 6.04 Å². The van der Waals surface area contributed by atoms with Crippen molar-refractivity contribution in [3.63, 3.8) is 0 Å². The highest BCUT2D eigenvalue weighted by Gasteiger charge is 2.23. The molecular formula is C11H20N2O3. The standard InChI is InChI=1S/C11H20N2O3/c1-7-4-3-5-9(7)6-12-11(16)13-8(2)10(14)15/h7-9H,3-6H2,1-2H3,(H,14,15)(H2,12,13,16)/t7?,8-,9?/m0/s1. The van der Waals surface area contributed by atoms with Crippen LogP contribution in [0, 0.1) is 11.8 Å². The van der Waals surface area contributed by atoms with Gasteiger partial charge in [0, 0.05) is 6.54 Å². The Morgan fingerprint density at radius 1 is 1.44 bits per heavy atom. The van der Waals surface area contributed by atoms with E-state index in [1.807, 2.05) is 0 Å². The fraction of sp³-hybridized carbons (Fsp3) is 0.818. The second-order valence-electron chi connectivity index (χ2n) is 4.58. The number of carbonyl (C=O) groups excluding carboxylic acids is 1. The number of nitrogens with one attached hydrogen (secondary N) is 2. The summed E-state index contributed by atoms with van der Waals surface area (Å²) in [6.45, 7) is 4.27. The minimum atomic E-state index is -1.02. The van der Waals surface area contributed by atoms with Crippen LogP contribution in [0.5, 0.6) is 0 Å². The van der Waals surface area contributed by atoms with Crippen molar-refractivity contribution in [1.82, 2.24) is 10.6 Å². The zero-order chi connectivity index (χ0) is 12.1. The largest absolute Gasteiger partial charge is 0.480 e. The van der Waals surface area contributed by atoms with Crippen LogP contribution in [0.25, 0.3) is 0 Å². The fourth-order valence-electron chi connectivity index (χ4n) is 2.06. The van der Waals surface area contributed by atoms with E-state index in [4.69, 9.17) is 5.11 Å². The summed E-state index contributed by atoms with van der Waals surface area (Å²) >= 11 is 0. The molecular weight excluding hydrogens is 208 g/mol. The maximum atomic E-state index is 11.3. The van der Waals surface area contributed by atoms with Crippen LogP contribution in [-0.2, 0) is 4.79 Å². The molecule has 1 aliphatic rings. The van der Waals surface area contributed by atoms with Gasteiger partial charge < -0.3 is 15.7 Å². The molecule has 0 saturated heterocycles. The van der Waals surface area contributed by atoms with Crippen molar-refractivity contribution in [3.05, 3.63) is 0 Å². The number of hydrogen-bond donors (Lipinski definition) is 3. The topological polar surface area (TPSA) is 78.4 Å². The molecule has 0 radical (unpaired) electrons. The molecule has 0 heterocycles. The fourth-order valence-corrected chi connectivity index (χ4v) is 2.06. The number of rotatable bonds is 4. The smallest absolute Gasteiger partial charge is 0.325 e. The van der Waals surface area contributed by atoms with Gasteiger partial charge in [0.25, 0.3) is 0 Å². The molecule has 0 bridgehead atoms. The molecule has 2 amide bonds. The van der Waals surface area contributed by atoms with Crippen LogP contribution in [-0.4, -0.2) is 29.7 Å². The number of aliphatic carboxylic acids is 1. The number of amides is 2. The molecule has 1 aliphatic carbocycles. The third-order valence-electron chi connectivity index (χ3n) is 3.28. The van der Waals surface area contributed by atoms with Crippen LogP contribution in [0.3, 0.4) is 0 Å². The molecule has 5 heteroatoms. The first-order valence-electron chi connectivity index (χ1n) is 5.78. The summed E-state index contributed by atoms with van der Waals surface area (Å²) in [5, 5.41) is 13.7. The number of hydrogen-bond acceptors (Lipinski definition) is 2. The van der Waals surface area contributed by atoms with Gasteiger partial charge in [-0.1, -0.05) is 19.8 Å². The van der Waals surface area contributed by atoms with E-state index < -0.39 is 18.0 Å². The molecule has 0 aromatic rings. The second kappa shape index (κ2) is 5.72. The first-order valence-corrected chi connectivity index (χ1v) is 5.78. The highest BCUT2D eigenvalue weighted by Crippen LogP contribution is 2.30. The summed E-state index contributed by atoms with van der Waals surface area (Å²) < 4.78 is 0. The first kappa shape index (κ1) is 12.8. The van der Waals surface area contributed by atoms with Crippen LogP contribution in [0.1, 0.15) is 33.1 Å². The zero-order valence-corrected chi connectivity index (χ0v) is 9.82. The summed E-state index contributed by atoms with van der Waals surface area (Å²) in [7, 11) is 0. The second-order valence-corrected chi connectivity index (χ2v) is 4.58. The van der Waals surface area contributed by atoms with Crippen LogP contribution in [0.15, 0.2) is 0 Å². The molecule has 1 fully saturated rings. The molecule has 0 spiro atoms. The SMILES string of the molecule is CC1CCCC1CNC(=O)N[C@@H](C)C(=O)O. The molecule has 0 aromatic heterocycles. The van der Waals surface area contributed by atoms with Crippen molar-refractivity contribution >= 4 is 12.0 Å². The van der Waals surface area contributed by atoms with Crippen molar-refractivity contribution in [2.75, 3.05) is 6.54 Å². The average Bonchev–Trinajstić information content (AvgIpc) is 2.61. The molecule has 1 rings (SSSR count). The van der Waals surface area contributed by atoms with E-state index in [0.29, 0.717) is 18.4 Å². The van der Waals surface area contributed by atoms with E-state index in [0.717, 1.165) is 6.42 Å². The van der Waals surface area contributed by atoms with Crippen molar-refractivity contribution in [2.45, 2.75) is 39.2 Å². The molecule has 92 valence electrons. The Labute approximate surface area is 95.6 Å². The van der Waals surface area contributed by atoms with Gasteiger partial charge in [0.15, 0.2) is 0 Å². The van der Waals surface area contributed by atoms with Gasteiger partial charge in [0.2, 0.25) is 0 Å². The summed E-state index contributed by atoms with van der Waals surface area (Å²) in [6, 6.07) is -1.24. The third-order valence-corrected chi connectivity index (χ3v) is 3.28. The number of carbonyl (C=O) groups is 2. The lowest BCUT2D eigenvalue weighted by Gasteiger charge is -2.17. The Balaban J connectivity index is 2.22. The average molecular weight is 228 g/mol. The number of urea groups is 1. The summed E-state index contributed by atoms with van der Waals surface area (Å²) in [5.41, 5.74) is 0. The summed E-state index contributed by atoms with van der Waals surface area (Å²) in [4.78, 5) is 21.8. The Kier molecular flexibility index (Phi) is 4.58. The van der Waals surface area contributed by atoms with Crippen LogP contribution in [0.4, 0.5) is 4.79 Å². The van der Waals surface area contributed by atoms with Crippen molar-refractivity contribution in [1.29, 1.82) is 0 Å². The number of carboxylic acids is 1. The minimum absolute atomic E-state index is 0.394. The molecule has 5 nitrogen and oxygen atoms in total. The highest BCUT2D eigenvalue weighted by molar-refractivity contribution is 5.82. The molecule has 3 atom stereocenters. The first-order chi connectivity index (χ1) is 7.50. The van der Waals surface area contributed by atoms with E-state index in [9.17, 15) is 9.59 Å². The Bertz CT molecular complexity index is 268.